The highest BCUT2D eigenvalue weighted by Crippen LogP contribution is 2.12. The van der Waals surface area contributed by atoms with E-state index in [0.29, 0.717) is 0 Å². The third kappa shape index (κ3) is 17.1. The quantitative estimate of drug-likeness (QED) is 0.161. The average molecular weight is 538 g/mol. The molecule has 0 amide bonds. The third-order valence-corrected chi connectivity index (χ3v) is 7.24. The van der Waals surface area contributed by atoms with E-state index in [1.54, 1.807) is 6.07 Å². The first-order valence-corrected chi connectivity index (χ1v) is 15.8. The minimum Gasteiger partial charge on any atom is -0.744 e. The molecule has 38 heavy (non-hydrogen) atoms. The van der Waals surface area contributed by atoms with Crippen molar-refractivity contribution in [1.82, 2.24) is 0 Å². The molecule has 0 heterocycles. The van der Waals surface area contributed by atoms with Crippen LogP contribution in [0.1, 0.15) is 107 Å². The van der Waals surface area contributed by atoms with Crippen LogP contribution in [0.4, 0.5) is 0 Å². The molecule has 3 aromatic rings. The predicted molar refractivity (Wildman–Crippen MR) is 162 cm³/mol. The van der Waals surface area contributed by atoms with E-state index in [2.05, 4.69) is 76.2 Å². The van der Waals surface area contributed by atoms with E-state index in [-0.39, 0.29) is 4.90 Å². The molecule has 0 aliphatic heterocycles. The molecule has 0 spiro atoms. The van der Waals surface area contributed by atoms with Crippen LogP contribution in [0.2, 0.25) is 0 Å². The van der Waals surface area contributed by atoms with Crippen molar-refractivity contribution >= 4 is 10.1 Å². The van der Waals surface area contributed by atoms with Crippen LogP contribution in [0.3, 0.4) is 0 Å². The van der Waals surface area contributed by atoms with Crippen LogP contribution in [-0.2, 0) is 16.5 Å². The van der Waals surface area contributed by atoms with Gasteiger partial charge in [0.15, 0.2) is 0 Å². The zero-order valence-corrected chi connectivity index (χ0v) is 24.9. The Labute approximate surface area is 233 Å². The van der Waals surface area contributed by atoms with Gasteiger partial charge in [0.1, 0.15) is 10.1 Å². The summed E-state index contributed by atoms with van der Waals surface area (Å²) in [6, 6.07) is 24.7. The molecule has 0 aliphatic carbocycles. The van der Waals surface area contributed by atoms with Crippen molar-refractivity contribution in [1.29, 1.82) is 0 Å². The van der Waals surface area contributed by atoms with Gasteiger partial charge >= 0.3 is 0 Å². The largest absolute Gasteiger partial charge is 0.744 e. The fourth-order valence-electron chi connectivity index (χ4n) is 3.97. The highest BCUT2D eigenvalue weighted by Gasteiger charge is 1.97. The first-order chi connectivity index (χ1) is 18.3. The van der Waals surface area contributed by atoms with Crippen molar-refractivity contribution in [2.45, 2.75) is 110 Å². The summed E-state index contributed by atoms with van der Waals surface area (Å²) in [5, 5.41) is 0. The maximum absolute atomic E-state index is 10.3. The van der Waals surface area contributed by atoms with Gasteiger partial charge in [-0.3, -0.25) is 0 Å². The summed E-state index contributed by atoms with van der Waals surface area (Å²) < 4.78 is 30.8. The molecule has 4 heteroatoms. The van der Waals surface area contributed by atoms with E-state index < -0.39 is 10.1 Å². The van der Waals surface area contributed by atoms with Crippen molar-refractivity contribution < 1.29 is 13.0 Å². The molecule has 210 valence electrons. The van der Waals surface area contributed by atoms with Crippen molar-refractivity contribution in [3.63, 3.8) is 0 Å². The van der Waals surface area contributed by atoms with Gasteiger partial charge in [-0.05, 0) is 43.5 Å². The number of benzene rings is 3. The molecule has 3 nitrogen and oxygen atoms in total. The minimum absolute atomic E-state index is 0.185. The fourth-order valence-corrected chi connectivity index (χ4v) is 4.46. The second-order valence-corrected chi connectivity index (χ2v) is 11.5. The summed E-state index contributed by atoms with van der Waals surface area (Å²) in [6.07, 6.45) is 17.0. The molecule has 0 aromatic heterocycles. The van der Waals surface area contributed by atoms with Gasteiger partial charge in [-0.2, -0.15) is 0 Å². The van der Waals surface area contributed by atoms with Gasteiger partial charge in [-0.1, -0.05) is 162 Å². The van der Waals surface area contributed by atoms with Crippen LogP contribution < -0.4 is 0 Å². The standard InChI is InChI=1S/C15H16.C13H28.C6H6O3S/c1-12-3-7-14(8-4-12)11-15-9-5-13(2)6-10-15;1-3-5-7-9-11-13-12-10-8-6-4-2;7-10(8,9)6-4-2-1-3-5-6/h3-10H,11H2,1-2H3;3-13H2,1-2H3;1-5H,(H,7,8,9)/p-1. The Kier molecular flexibility index (Phi) is 18.1. The molecule has 0 N–H and O–H groups in total. The highest BCUT2D eigenvalue weighted by molar-refractivity contribution is 7.85. The second kappa shape index (κ2) is 20.5. The fraction of sp³-hybridized carbons (Fsp3) is 0.471. The molecule has 3 aromatic carbocycles. The topological polar surface area (TPSA) is 57.2 Å². The van der Waals surface area contributed by atoms with E-state index in [1.807, 2.05) is 0 Å². The van der Waals surface area contributed by atoms with Crippen LogP contribution in [0, 0.1) is 13.8 Å². The lowest BCUT2D eigenvalue weighted by Crippen LogP contribution is -1.96. The zero-order valence-electron chi connectivity index (χ0n) is 24.1. The molecule has 0 fully saturated rings. The van der Waals surface area contributed by atoms with Crippen molar-refractivity contribution in [3.05, 3.63) is 101 Å². The van der Waals surface area contributed by atoms with E-state index in [0.717, 1.165) is 6.42 Å². The lowest BCUT2D eigenvalue weighted by Gasteiger charge is -2.04. The summed E-state index contributed by atoms with van der Waals surface area (Å²) in [7, 11) is -4.25. The first-order valence-electron chi connectivity index (χ1n) is 14.4. The van der Waals surface area contributed by atoms with Crippen LogP contribution in [0.15, 0.2) is 83.8 Å². The highest BCUT2D eigenvalue weighted by atomic mass is 32.2. The van der Waals surface area contributed by atoms with Crippen LogP contribution in [0.25, 0.3) is 0 Å². The van der Waals surface area contributed by atoms with Gasteiger partial charge in [0, 0.05) is 0 Å². The maximum atomic E-state index is 10.3. The van der Waals surface area contributed by atoms with E-state index in [9.17, 15) is 13.0 Å². The molecular weight excluding hydrogens is 488 g/mol. The Morgan fingerprint density at radius 1 is 0.526 bits per heavy atom. The average Bonchev–Trinajstić information content (AvgIpc) is 2.91. The minimum atomic E-state index is -4.25. The van der Waals surface area contributed by atoms with Crippen molar-refractivity contribution in [3.8, 4) is 0 Å². The maximum Gasteiger partial charge on any atom is 0.124 e. The monoisotopic (exact) mass is 537 g/mol. The van der Waals surface area contributed by atoms with Crippen molar-refractivity contribution in [2.75, 3.05) is 0 Å². The van der Waals surface area contributed by atoms with Gasteiger partial charge in [0.05, 0.1) is 4.90 Å². The summed E-state index contributed by atoms with van der Waals surface area (Å²) in [4.78, 5) is -0.185. The van der Waals surface area contributed by atoms with Gasteiger partial charge in [0.2, 0.25) is 0 Å². The number of hydrogen-bond acceptors (Lipinski definition) is 3. The van der Waals surface area contributed by atoms with Crippen LogP contribution in [0.5, 0.6) is 0 Å². The molecule has 0 aliphatic rings. The Balaban J connectivity index is 0.000000291. The lowest BCUT2D eigenvalue weighted by molar-refractivity contribution is 0.463. The Morgan fingerprint density at radius 2 is 0.868 bits per heavy atom. The molecule has 0 saturated heterocycles. The zero-order chi connectivity index (χ0) is 28.1. The molecule has 0 radical (unpaired) electrons. The number of unbranched alkanes of at least 4 members (excludes halogenated alkanes) is 10. The van der Waals surface area contributed by atoms with Gasteiger partial charge in [-0.25, -0.2) is 8.42 Å². The number of hydrogen-bond donors (Lipinski definition) is 0. The van der Waals surface area contributed by atoms with Gasteiger partial charge in [0.25, 0.3) is 0 Å². The lowest BCUT2D eigenvalue weighted by atomic mass is 10.0. The first kappa shape index (κ1) is 33.6. The molecular formula is C34H49O3S-. The normalized spacial score (nSPS) is 10.7. The second-order valence-electron chi connectivity index (χ2n) is 10.1. The molecule has 3 rings (SSSR count). The summed E-state index contributed by atoms with van der Waals surface area (Å²) in [5.74, 6) is 0. The van der Waals surface area contributed by atoms with Crippen LogP contribution in [-0.4, -0.2) is 13.0 Å². The summed E-state index contributed by atoms with van der Waals surface area (Å²) >= 11 is 0. The summed E-state index contributed by atoms with van der Waals surface area (Å²) in [5.41, 5.74) is 5.40. The number of aryl methyl sites for hydroxylation is 2. The van der Waals surface area contributed by atoms with E-state index in [1.165, 1.54) is 117 Å². The SMILES string of the molecule is CCCCCCCCCCCCC.Cc1ccc(Cc2ccc(C)cc2)cc1.O=S(=O)([O-])c1ccccc1. The molecule has 0 atom stereocenters. The Hall–Kier alpha value is -2.43. The van der Waals surface area contributed by atoms with E-state index in [4.69, 9.17) is 0 Å². The van der Waals surface area contributed by atoms with E-state index >= 15 is 0 Å². The smallest absolute Gasteiger partial charge is 0.124 e. The Bertz CT molecular complexity index is 1000. The van der Waals surface area contributed by atoms with Crippen molar-refractivity contribution in [2.24, 2.45) is 0 Å². The third-order valence-electron chi connectivity index (χ3n) is 6.39. The number of rotatable bonds is 13. The van der Waals surface area contributed by atoms with Gasteiger partial charge < -0.3 is 4.55 Å². The predicted octanol–water partition coefficient (Wildman–Crippen LogP) is 9.80. The molecule has 0 saturated carbocycles. The molecule has 0 unspecified atom stereocenters. The molecule has 0 bridgehead atoms. The summed E-state index contributed by atoms with van der Waals surface area (Å²) in [6.45, 7) is 8.81. The Morgan fingerprint density at radius 3 is 1.16 bits per heavy atom. The van der Waals surface area contributed by atoms with Gasteiger partial charge in [-0.15, -0.1) is 0 Å². The van der Waals surface area contributed by atoms with Crippen LogP contribution >= 0.6 is 0 Å².